The van der Waals surface area contributed by atoms with Crippen molar-refractivity contribution in [1.29, 1.82) is 0 Å². The Labute approximate surface area is 113 Å². The number of hydrogen-bond acceptors (Lipinski definition) is 4. The second-order valence-electron chi connectivity index (χ2n) is 3.68. The molecule has 0 bridgehead atoms. The first kappa shape index (κ1) is 13.1. The highest BCUT2D eigenvalue weighted by atomic mass is 32.1. The van der Waals surface area contributed by atoms with Crippen molar-refractivity contribution in [3.05, 3.63) is 46.2 Å². The highest BCUT2D eigenvalue weighted by molar-refractivity contribution is 7.08. The van der Waals surface area contributed by atoms with Crippen LogP contribution in [0.1, 0.15) is 20.7 Å². The molecule has 1 amide bonds. The minimum atomic E-state index is -1.11. The van der Waals surface area contributed by atoms with Crippen molar-refractivity contribution in [2.75, 3.05) is 12.4 Å². The zero-order valence-electron chi connectivity index (χ0n) is 10.0. The molecule has 0 atom stereocenters. The topological polar surface area (TPSA) is 75.6 Å². The Morgan fingerprint density at radius 3 is 2.68 bits per heavy atom. The number of carboxylic acid groups (broad SMARTS) is 1. The summed E-state index contributed by atoms with van der Waals surface area (Å²) in [5.74, 6) is -0.981. The number of thiophene rings is 1. The molecule has 0 aliphatic rings. The number of nitrogens with one attached hydrogen (secondary N) is 1. The number of amides is 1. The average molecular weight is 277 g/mol. The Morgan fingerprint density at radius 2 is 2.11 bits per heavy atom. The predicted molar refractivity (Wildman–Crippen MR) is 72.2 cm³/mol. The van der Waals surface area contributed by atoms with Crippen LogP contribution in [0.2, 0.25) is 0 Å². The summed E-state index contributed by atoms with van der Waals surface area (Å²) in [5.41, 5.74) is 0.719. The molecule has 2 N–H and O–H groups in total. The van der Waals surface area contributed by atoms with Crippen molar-refractivity contribution in [3.8, 4) is 5.75 Å². The van der Waals surface area contributed by atoms with E-state index in [0.29, 0.717) is 11.3 Å². The normalized spacial score (nSPS) is 9.95. The Balaban J connectivity index is 2.32. The fourth-order valence-corrected chi connectivity index (χ4v) is 2.16. The van der Waals surface area contributed by atoms with Gasteiger partial charge >= 0.3 is 5.97 Å². The van der Waals surface area contributed by atoms with Crippen LogP contribution in [-0.4, -0.2) is 24.1 Å². The molecule has 2 rings (SSSR count). The van der Waals surface area contributed by atoms with Gasteiger partial charge in [-0.1, -0.05) is 0 Å². The van der Waals surface area contributed by atoms with Crippen molar-refractivity contribution in [2.45, 2.75) is 0 Å². The van der Waals surface area contributed by atoms with Gasteiger partial charge in [0.2, 0.25) is 0 Å². The Bertz CT molecular complexity index is 607. The first-order valence-electron chi connectivity index (χ1n) is 5.36. The van der Waals surface area contributed by atoms with Gasteiger partial charge in [-0.2, -0.15) is 11.3 Å². The van der Waals surface area contributed by atoms with E-state index in [-0.39, 0.29) is 17.2 Å². The second kappa shape index (κ2) is 5.53. The van der Waals surface area contributed by atoms with Crippen molar-refractivity contribution < 1.29 is 19.4 Å². The number of hydrogen-bond donors (Lipinski definition) is 2. The predicted octanol–water partition coefficient (Wildman–Crippen LogP) is 2.71. The number of benzene rings is 1. The minimum Gasteiger partial charge on any atom is -0.497 e. The third-order valence-corrected chi connectivity index (χ3v) is 3.17. The molecule has 0 unspecified atom stereocenters. The highest BCUT2D eigenvalue weighted by Crippen LogP contribution is 2.23. The van der Waals surface area contributed by atoms with Gasteiger partial charge < -0.3 is 15.2 Å². The lowest BCUT2D eigenvalue weighted by molar-refractivity contribution is 0.0698. The van der Waals surface area contributed by atoms with E-state index in [1.807, 2.05) is 0 Å². The van der Waals surface area contributed by atoms with Crippen LogP contribution in [0.5, 0.6) is 5.75 Å². The van der Waals surface area contributed by atoms with E-state index in [4.69, 9.17) is 9.84 Å². The molecule has 0 saturated carbocycles. The molecule has 98 valence electrons. The molecule has 0 radical (unpaired) electrons. The maximum Gasteiger partial charge on any atom is 0.337 e. The monoisotopic (exact) mass is 277 g/mol. The van der Waals surface area contributed by atoms with Gasteiger partial charge in [0.1, 0.15) is 5.75 Å². The van der Waals surface area contributed by atoms with Crippen LogP contribution in [0.3, 0.4) is 0 Å². The lowest BCUT2D eigenvalue weighted by Crippen LogP contribution is -2.14. The fourth-order valence-electron chi connectivity index (χ4n) is 1.53. The van der Waals surface area contributed by atoms with E-state index in [9.17, 15) is 9.59 Å². The molecule has 1 aromatic carbocycles. The lowest BCUT2D eigenvalue weighted by Gasteiger charge is -2.09. The van der Waals surface area contributed by atoms with E-state index in [1.54, 1.807) is 16.8 Å². The number of carboxylic acids is 1. The van der Waals surface area contributed by atoms with Gasteiger partial charge in [-0.3, -0.25) is 4.79 Å². The molecule has 2 aromatic rings. The van der Waals surface area contributed by atoms with Gasteiger partial charge in [0.25, 0.3) is 5.91 Å². The van der Waals surface area contributed by atoms with Crippen molar-refractivity contribution in [2.24, 2.45) is 0 Å². The van der Waals surface area contributed by atoms with Crippen molar-refractivity contribution >= 4 is 28.9 Å². The summed E-state index contributed by atoms with van der Waals surface area (Å²) >= 11 is 1.39. The van der Waals surface area contributed by atoms with Crippen LogP contribution in [0.4, 0.5) is 5.69 Å². The van der Waals surface area contributed by atoms with Crippen molar-refractivity contribution in [3.63, 3.8) is 0 Å². The molecule has 0 saturated heterocycles. The average Bonchev–Trinajstić information content (AvgIpc) is 2.92. The summed E-state index contributed by atoms with van der Waals surface area (Å²) in [4.78, 5) is 23.0. The molecule has 0 fully saturated rings. The third kappa shape index (κ3) is 2.92. The first-order valence-corrected chi connectivity index (χ1v) is 6.31. The van der Waals surface area contributed by atoms with Crippen LogP contribution >= 0.6 is 11.3 Å². The largest absolute Gasteiger partial charge is 0.497 e. The lowest BCUT2D eigenvalue weighted by atomic mass is 10.1. The van der Waals surface area contributed by atoms with Crippen LogP contribution in [-0.2, 0) is 0 Å². The molecule has 0 aliphatic carbocycles. The summed E-state index contributed by atoms with van der Waals surface area (Å²) < 4.78 is 5.02. The SMILES string of the molecule is COc1ccc(C(=O)O)c(NC(=O)c2ccsc2)c1. The van der Waals surface area contributed by atoms with E-state index in [0.717, 1.165) is 0 Å². The molecule has 1 heterocycles. The van der Waals surface area contributed by atoms with Crippen LogP contribution < -0.4 is 10.1 Å². The third-order valence-electron chi connectivity index (χ3n) is 2.49. The van der Waals surface area contributed by atoms with Gasteiger partial charge in [0.05, 0.1) is 23.9 Å². The summed E-state index contributed by atoms with van der Waals surface area (Å²) in [5, 5.41) is 15.1. The Hall–Kier alpha value is -2.34. The summed E-state index contributed by atoms with van der Waals surface area (Å²) in [6, 6.07) is 6.07. The van der Waals surface area contributed by atoms with Crippen LogP contribution in [0.25, 0.3) is 0 Å². The number of methoxy groups -OCH3 is 1. The summed E-state index contributed by atoms with van der Waals surface area (Å²) in [6.45, 7) is 0. The fraction of sp³-hybridized carbons (Fsp3) is 0.0769. The maximum atomic E-state index is 11.9. The van der Waals surface area contributed by atoms with Gasteiger partial charge in [0, 0.05) is 11.4 Å². The van der Waals surface area contributed by atoms with E-state index in [1.165, 1.54) is 36.6 Å². The van der Waals surface area contributed by atoms with Gasteiger partial charge in [-0.15, -0.1) is 0 Å². The smallest absolute Gasteiger partial charge is 0.337 e. The zero-order chi connectivity index (χ0) is 13.8. The van der Waals surface area contributed by atoms with Gasteiger partial charge in [0.15, 0.2) is 0 Å². The molecule has 1 aromatic heterocycles. The van der Waals surface area contributed by atoms with E-state index < -0.39 is 5.97 Å². The standard InChI is InChI=1S/C13H11NO4S/c1-18-9-2-3-10(13(16)17)11(6-9)14-12(15)8-4-5-19-7-8/h2-7H,1H3,(H,14,15)(H,16,17). The molecule has 19 heavy (non-hydrogen) atoms. The van der Waals surface area contributed by atoms with E-state index >= 15 is 0 Å². The molecule has 0 spiro atoms. The Morgan fingerprint density at radius 1 is 1.32 bits per heavy atom. The van der Waals surface area contributed by atoms with Gasteiger partial charge in [-0.05, 0) is 23.6 Å². The minimum absolute atomic E-state index is 0.0179. The summed E-state index contributed by atoms with van der Waals surface area (Å²) in [6.07, 6.45) is 0. The second-order valence-corrected chi connectivity index (χ2v) is 4.46. The molecule has 6 heteroatoms. The maximum absolute atomic E-state index is 11.9. The summed E-state index contributed by atoms with van der Waals surface area (Å²) in [7, 11) is 1.47. The number of carbonyl (C=O) groups excluding carboxylic acids is 1. The zero-order valence-corrected chi connectivity index (χ0v) is 10.9. The van der Waals surface area contributed by atoms with Crippen LogP contribution in [0, 0.1) is 0 Å². The van der Waals surface area contributed by atoms with Crippen LogP contribution in [0.15, 0.2) is 35.0 Å². The Kier molecular flexibility index (Phi) is 3.82. The number of anilines is 1. The van der Waals surface area contributed by atoms with E-state index in [2.05, 4.69) is 5.32 Å². The quantitative estimate of drug-likeness (QED) is 0.901. The number of carbonyl (C=O) groups is 2. The molecule has 5 nitrogen and oxygen atoms in total. The molecular formula is C13H11NO4S. The molecule has 0 aliphatic heterocycles. The van der Waals surface area contributed by atoms with Crippen molar-refractivity contribution in [1.82, 2.24) is 0 Å². The number of aromatic carboxylic acids is 1. The number of ether oxygens (including phenoxy) is 1. The van der Waals surface area contributed by atoms with Gasteiger partial charge in [-0.25, -0.2) is 4.79 Å². The number of rotatable bonds is 4. The highest BCUT2D eigenvalue weighted by Gasteiger charge is 2.14. The first-order chi connectivity index (χ1) is 9.11. The molecular weight excluding hydrogens is 266 g/mol.